The van der Waals surface area contributed by atoms with Crippen molar-refractivity contribution in [3.05, 3.63) is 53.5 Å². The summed E-state index contributed by atoms with van der Waals surface area (Å²) in [6, 6.07) is 10.4. The number of rotatable bonds is 9. The maximum Gasteiger partial charge on any atom is 0.225 e. The van der Waals surface area contributed by atoms with E-state index in [-0.39, 0.29) is 6.04 Å². The van der Waals surface area contributed by atoms with E-state index < -0.39 is 0 Å². The molecular formula is C24H31N5O3. The predicted octanol–water partition coefficient (Wildman–Crippen LogP) is 3.87. The first-order valence-corrected chi connectivity index (χ1v) is 11.0. The van der Waals surface area contributed by atoms with Crippen LogP contribution in [-0.2, 0) is 11.3 Å². The van der Waals surface area contributed by atoms with Gasteiger partial charge in [0.05, 0.1) is 29.6 Å². The average Bonchev–Trinajstić information content (AvgIpc) is 3.42. The second-order valence-corrected chi connectivity index (χ2v) is 8.31. The molecule has 170 valence electrons. The zero-order valence-electron chi connectivity index (χ0n) is 19.2. The van der Waals surface area contributed by atoms with Crippen molar-refractivity contribution in [2.75, 3.05) is 45.9 Å². The lowest BCUT2D eigenvalue weighted by Crippen LogP contribution is -2.25. The molecule has 1 aliphatic heterocycles. The second kappa shape index (κ2) is 10.1. The SMILES string of the molecule is COCCOc1cccc(CN2CCC[C@@H]2c2nc(N(C)C)ncc2-c2cc(C)no2)c1. The lowest BCUT2D eigenvalue weighted by atomic mass is 10.0. The van der Waals surface area contributed by atoms with Gasteiger partial charge < -0.3 is 18.9 Å². The van der Waals surface area contributed by atoms with Crippen molar-refractivity contribution in [1.82, 2.24) is 20.0 Å². The molecule has 1 fully saturated rings. The highest BCUT2D eigenvalue weighted by molar-refractivity contribution is 5.61. The normalized spacial score (nSPS) is 16.4. The zero-order chi connectivity index (χ0) is 22.5. The first kappa shape index (κ1) is 22.2. The first-order chi connectivity index (χ1) is 15.5. The Morgan fingerprint density at radius 2 is 2.09 bits per heavy atom. The molecule has 1 aliphatic rings. The molecule has 0 amide bonds. The van der Waals surface area contributed by atoms with E-state index in [4.69, 9.17) is 19.0 Å². The van der Waals surface area contributed by atoms with Gasteiger partial charge in [0.2, 0.25) is 5.95 Å². The summed E-state index contributed by atoms with van der Waals surface area (Å²) in [5.41, 5.74) is 3.96. The molecule has 0 bridgehead atoms. The third-order valence-electron chi connectivity index (χ3n) is 5.62. The van der Waals surface area contributed by atoms with Crippen molar-refractivity contribution in [2.45, 2.75) is 32.4 Å². The van der Waals surface area contributed by atoms with Crippen LogP contribution >= 0.6 is 0 Å². The van der Waals surface area contributed by atoms with Gasteiger partial charge in [0.25, 0.3) is 0 Å². The highest BCUT2D eigenvalue weighted by Crippen LogP contribution is 2.38. The van der Waals surface area contributed by atoms with Gasteiger partial charge in [-0.2, -0.15) is 0 Å². The lowest BCUT2D eigenvalue weighted by molar-refractivity contribution is 0.146. The molecular weight excluding hydrogens is 406 g/mol. The van der Waals surface area contributed by atoms with Crippen LogP contribution in [0.2, 0.25) is 0 Å². The fourth-order valence-corrected chi connectivity index (χ4v) is 4.07. The van der Waals surface area contributed by atoms with Crippen LogP contribution in [0.25, 0.3) is 11.3 Å². The van der Waals surface area contributed by atoms with Crippen molar-refractivity contribution in [2.24, 2.45) is 0 Å². The van der Waals surface area contributed by atoms with Crippen molar-refractivity contribution in [3.63, 3.8) is 0 Å². The zero-order valence-corrected chi connectivity index (χ0v) is 19.2. The molecule has 0 saturated carbocycles. The van der Waals surface area contributed by atoms with Gasteiger partial charge >= 0.3 is 0 Å². The summed E-state index contributed by atoms with van der Waals surface area (Å²) < 4.78 is 16.5. The highest BCUT2D eigenvalue weighted by atomic mass is 16.5. The quantitative estimate of drug-likeness (QED) is 0.467. The van der Waals surface area contributed by atoms with E-state index in [9.17, 15) is 0 Å². The maximum atomic E-state index is 5.80. The number of hydrogen-bond donors (Lipinski definition) is 0. The van der Waals surface area contributed by atoms with E-state index in [0.717, 1.165) is 48.6 Å². The van der Waals surface area contributed by atoms with Gasteiger partial charge in [-0.25, -0.2) is 9.97 Å². The Kier molecular flexibility index (Phi) is 7.02. The van der Waals surface area contributed by atoms with Crippen molar-refractivity contribution in [3.8, 4) is 17.1 Å². The molecule has 0 spiro atoms. The number of methoxy groups -OCH3 is 1. The molecule has 1 saturated heterocycles. The van der Waals surface area contributed by atoms with E-state index in [1.807, 2.05) is 50.3 Å². The Labute approximate surface area is 189 Å². The average molecular weight is 438 g/mol. The van der Waals surface area contributed by atoms with Crippen molar-refractivity contribution >= 4 is 5.95 Å². The number of nitrogens with zero attached hydrogens (tertiary/aromatic N) is 5. The Hall–Kier alpha value is -2.97. The van der Waals surface area contributed by atoms with Gasteiger partial charge in [0.1, 0.15) is 12.4 Å². The molecule has 1 atom stereocenters. The molecule has 2 aromatic heterocycles. The predicted molar refractivity (Wildman–Crippen MR) is 123 cm³/mol. The number of benzene rings is 1. The van der Waals surface area contributed by atoms with Gasteiger partial charge in [-0.05, 0) is 44.0 Å². The molecule has 0 unspecified atom stereocenters. The minimum atomic E-state index is 0.176. The Bertz CT molecular complexity index is 1040. The fraction of sp³-hybridized carbons (Fsp3) is 0.458. The minimum absolute atomic E-state index is 0.176. The summed E-state index contributed by atoms with van der Waals surface area (Å²) >= 11 is 0. The van der Waals surface area contributed by atoms with Gasteiger partial charge in [0, 0.05) is 40.0 Å². The van der Waals surface area contributed by atoms with E-state index in [2.05, 4.69) is 27.2 Å². The summed E-state index contributed by atoms with van der Waals surface area (Å²) in [6.07, 6.45) is 4.01. The van der Waals surface area contributed by atoms with E-state index in [0.29, 0.717) is 24.9 Å². The van der Waals surface area contributed by atoms with Gasteiger partial charge in [-0.1, -0.05) is 17.3 Å². The Morgan fingerprint density at radius 1 is 1.22 bits per heavy atom. The molecule has 3 heterocycles. The van der Waals surface area contributed by atoms with E-state index in [1.54, 1.807) is 7.11 Å². The maximum absolute atomic E-state index is 5.80. The number of likely N-dealkylation sites (tertiary alicyclic amines) is 1. The smallest absolute Gasteiger partial charge is 0.225 e. The first-order valence-electron chi connectivity index (χ1n) is 11.0. The van der Waals surface area contributed by atoms with Crippen molar-refractivity contribution in [1.29, 1.82) is 0 Å². The number of aryl methyl sites for hydroxylation is 1. The summed E-state index contributed by atoms with van der Waals surface area (Å²) in [5.74, 6) is 2.27. The van der Waals surface area contributed by atoms with E-state index in [1.165, 1.54) is 5.56 Å². The molecule has 4 rings (SSSR count). The molecule has 0 aliphatic carbocycles. The van der Waals surface area contributed by atoms with Crippen LogP contribution in [0.5, 0.6) is 5.75 Å². The molecule has 3 aromatic rings. The highest BCUT2D eigenvalue weighted by Gasteiger charge is 2.31. The standard InChI is InChI=1S/C24H31N5O3/c1-17-13-22(32-27-17)20-15-25-24(28(2)3)26-23(20)21-9-6-10-29(21)16-18-7-5-8-19(14-18)31-12-11-30-4/h5,7-8,13-15,21H,6,9-12,16H2,1-4H3/t21-/m1/s1. The Balaban J connectivity index is 1.60. The van der Waals surface area contributed by atoms with Crippen LogP contribution in [0.1, 0.15) is 35.8 Å². The lowest BCUT2D eigenvalue weighted by Gasteiger charge is -2.26. The van der Waals surface area contributed by atoms with Crippen LogP contribution in [0.4, 0.5) is 5.95 Å². The van der Waals surface area contributed by atoms with Gasteiger partial charge in [0.15, 0.2) is 5.76 Å². The minimum Gasteiger partial charge on any atom is -0.491 e. The van der Waals surface area contributed by atoms with E-state index >= 15 is 0 Å². The second-order valence-electron chi connectivity index (χ2n) is 8.31. The number of anilines is 1. The summed E-state index contributed by atoms with van der Waals surface area (Å²) in [5, 5.41) is 4.07. The number of ether oxygens (including phenoxy) is 2. The van der Waals surface area contributed by atoms with Crippen LogP contribution in [0.15, 0.2) is 41.1 Å². The third kappa shape index (κ3) is 5.08. The monoisotopic (exact) mass is 437 g/mol. The van der Waals surface area contributed by atoms with Crippen LogP contribution in [0.3, 0.4) is 0 Å². The molecule has 0 radical (unpaired) electrons. The largest absolute Gasteiger partial charge is 0.491 e. The van der Waals surface area contributed by atoms with Gasteiger partial charge in [-0.15, -0.1) is 0 Å². The fourth-order valence-electron chi connectivity index (χ4n) is 4.07. The summed E-state index contributed by atoms with van der Waals surface area (Å²) in [4.78, 5) is 13.9. The third-order valence-corrected chi connectivity index (χ3v) is 5.62. The summed E-state index contributed by atoms with van der Waals surface area (Å²) in [6.45, 7) is 4.87. The molecule has 32 heavy (non-hydrogen) atoms. The molecule has 8 nitrogen and oxygen atoms in total. The molecule has 8 heteroatoms. The summed E-state index contributed by atoms with van der Waals surface area (Å²) in [7, 11) is 5.59. The number of hydrogen-bond acceptors (Lipinski definition) is 8. The Morgan fingerprint density at radius 3 is 2.84 bits per heavy atom. The number of aromatic nitrogens is 3. The van der Waals surface area contributed by atoms with Crippen LogP contribution < -0.4 is 9.64 Å². The van der Waals surface area contributed by atoms with Crippen LogP contribution in [0, 0.1) is 6.92 Å². The molecule has 1 aromatic carbocycles. The topological polar surface area (TPSA) is 76.8 Å². The van der Waals surface area contributed by atoms with Crippen molar-refractivity contribution < 1.29 is 14.0 Å². The van der Waals surface area contributed by atoms with Crippen LogP contribution in [-0.4, -0.2) is 61.0 Å². The molecule has 0 N–H and O–H groups in total. The van der Waals surface area contributed by atoms with Gasteiger partial charge in [-0.3, -0.25) is 4.90 Å².